The second-order valence-corrected chi connectivity index (χ2v) is 7.07. The maximum Gasteiger partial charge on any atom is 0.287 e. The van der Waals surface area contributed by atoms with Crippen molar-refractivity contribution in [3.05, 3.63) is 54.3 Å². The maximum atomic E-state index is 12.7. The third-order valence-electron chi connectivity index (χ3n) is 5.36. The first-order valence-corrected chi connectivity index (χ1v) is 9.18. The molecule has 3 aromatic rings. The maximum absolute atomic E-state index is 12.7. The molecule has 3 heterocycles. The zero-order valence-electron chi connectivity index (χ0n) is 15.3. The van der Waals surface area contributed by atoms with Crippen LogP contribution in [-0.2, 0) is 4.79 Å². The van der Waals surface area contributed by atoms with Gasteiger partial charge in [-0.2, -0.15) is 0 Å². The van der Waals surface area contributed by atoms with Crippen LogP contribution in [0.3, 0.4) is 0 Å². The molecule has 1 saturated heterocycles. The van der Waals surface area contributed by atoms with Crippen LogP contribution in [0, 0.1) is 0 Å². The van der Waals surface area contributed by atoms with E-state index >= 15 is 0 Å². The van der Waals surface area contributed by atoms with E-state index < -0.39 is 0 Å². The van der Waals surface area contributed by atoms with E-state index in [-0.39, 0.29) is 29.7 Å². The fourth-order valence-corrected chi connectivity index (χ4v) is 4.07. The number of fused-ring (bicyclic) bond motifs is 4. The Morgan fingerprint density at radius 3 is 2.96 bits per heavy atom. The Hall–Kier alpha value is -3.48. The zero-order chi connectivity index (χ0) is 19.3. The van der Waals surface area contributed by atoms with Crippen LogP contribution >= 0.6 is 0 Å². The number of hydrogen-bond donors (Lipinski definition) is 2. The summed E-state index contributed by atoms with van der Waals surface area (Å²) in [5, 5.41) is 6.75. The summed E-state index contributed by atoms with van der Waals surface area (Å²) >= 11 is 0. The van der Waals surface area contributed by atoms with Crippen LogP contribution in [0.5, 0.6) is 5.75 Å². The third kappa shape index (κ3) is 2.58. The summed E-state index contributed by atoms with van der Waals surface area (Å²) in [5.74, 6) is 0.484. The summed E-state index contributed by atoms with van der Waals surface area (Å²) in [7, 11) is 1.56. The molecule has 2 aliphatic heterocycles. The monoisotopic (exact) mass is 377 g/mol. The molecular weight excluding hydrogens is 358 g/mol. The van der Waals surface area contributed by atoms with Crippen LogP contribution in [0.15, 0.2) is 52.9 Å². The van der Waals surface area contributed by atoms with Crippen molar-refractivity contribution < 1.29 is 18.7 Å². The van der Waals surface area contributed by atoms with E-state index in [9.17, 15) is 9.59 Å². The Balaban J connectivity index is 1.36. The van der Waals surface area contributed by atoms with Crippen LogP contribution in [0.2, 0.25) is 0 Å². The number of ether oxygens (including phenoxy) is 1. The van der Waals surface area contributed by atoms with Gasteiger partial charge in [-0.3, -0.25) is 9.59 Å². The average molecular weight is 377 g/mol. The number of para-hydroxylation sites is 3. The topological polar surface area (TPSA) is 83.8 Å². The molecule has 1 aromatic heterocycles. The van der Waals surface area contributed by atoms with Crippen molar-refractivity contribution in [2.45, 2.75) is 18.5 Å². The molecule has 0 aliphatic carbocycles. The SMILES string of the molecule is COc1cccc2cc(C(=O)NC3CC4C(=O)Nc5ccccc5N4C3)oc12. The van der Waals surface area contributed by atoms with Crippen LogP contribution in [0.4, 0.5) is 11.4 Å². The molecule has 7 nitrogen and oxygen atoms in total. The first-order valence-electron chi connectivity index (χ1n) is 9.18. The van der Waals surface area contributed by atoms with E-state index in [4.69, 9.17) is 9.15 Å². The van der Waals surface area contributed by atoms with Crippen LogP contribution in [-0.4, -0.2) is 37.6 Å². The van der Waals surface area contributed by atoms with E-state index in [2.05, 4.69) is 15.5 Å². The minimum absolute atomic E-state index is 0.0380. The highest BCUT2D eigenvalue weighted by atomic mass is 16.5. The summed E-state index contributed by atoms with van der Waals surface area (Å²) < 4.78 is 11.0. The summed E-state index contributed by atoms with van der Waals surface area (Å²) in [5.41, 5.74) is 2.34. The van der Waals surface area contributed by atoms with E-state index in [0.717, 1.165) is 16.8 Å². The Bertz CT molecular complexity index is 1090. The van der Waals surface area contributed by atoms with Gasteiger partial charge in [-0.1, -0.05) is 24.3 Å². The second-order valence-electron chi connectivity index (χ2n) is 7.07. The van der Waals surface area contributed by atoms with Crippen molar-refractivity contribution in [3.63, 3.8) is 0 Å². The van der Waals surface area contributed by atoms with Gasteiger partial charge in [0.1, 0.15) is 6.04 Å². The van der Waals surface area contributed by atoms with Crippen molar-refractivity contribution in [3.8, 4) is 5.75 Å². The van der Waals surface area contributed by atoms with Gasteiger partial charge in [0.05, 0.1) is 18.5 Å². The molecule has 2 aliphatic rings. The number of carbonyl (C=O) groups excluding carboxylic acids is 2. The zero-order valence-corrected chi connectivity index (χ0v) is 15.3. The van der Waals surface area contributed by atoms with Crippen LogP contribution in [0.1, 0.15) is 17.0 Å². The highest BCUT2D eigenvalue weighted by molar-refractivity contribution is 6.04. The summed E-state index contributed by atoms with van der Waals surface area (Å²) in [6, 6.07) is 14.5. The third-order valence-corrected chi connectivity index (χ3v) is 5.36. The van der Waals surface area contributed by atoms with E-state index in [1.54, 1.807) is 19.2 Å². The molecule has 0 saturated carbocycles. The Labute approximate surface area is 161 Å². The molecule has 2 N–H and O–H groups in total. The minimum atomic E-state index is -0.295. The highest BCUT2D eigenvalue weighted by Gasteiger charge is 2.41. The number of nitrogens with one attached hydrogen (secondary N) is 2. The van der Waals surface area contributed by atoms with Crippen molar-refractivity contribution in [2.24, 2.45) is 0 Å². The smallest absolute Gasteiger partial charge is 0.287 e. The molecule has 0 bridgehead atoms. The van der Waals surface area contributed by atoms with Gasteiger partial charge in [0.15, 0.2) is 17.1 Å². The molecular formula is C21H19N3O4. The number of amides is 2. The highest BCUT2D eigenvalue weighted by Crippen LogP contribution is 2.36. The Morgan fingerprint density at radius 1 is 1.25 bits per heavy atom. The van der Waals surface area contributed by atoms with E-state index in [0.29, 0.717) is 24.3 Å². The van der Waals surface area contributed by atoms with E-state index in [1.165, 1.54) is 0 Å². The van der Waals surface area contributed by atoms with Gasteiger partial charge < -0.3 is 24.7 Å². The number of anilines is 2. The molecule has 5 rings (SSSR count). The second kappa shape index (κ2) is 6.30. The van der Waals surface area contributed by atoms with Crippen molar-refractivity contribution >= 4 is 34.2 Å². The molecule has 2 aromatic carbocycles. The van der Waals surface area contributed by atoms with Crippen molar-refractivity contribution in [1.29, 1.82) is 0 Å². The molecule has 28 heavy (non-hydrogen) atoms. The minimum Gasteiger partial charge on any atom is -0.493 e. The van der Waals surface area contributed by atoms with Crippen molar-refractivity contribution in [2.75, 3.05) is 23.9 Å². The Kier molecular flexibility index (Phi) is 3.75. The van der Waals surface area contributed by atoms with Crippen molar-refractivity contribution in [1.82, 2.24) is 5.32 Å². The normalized spacial score (nSPS) is 20.5. The molecule has 2 atom stereocenters. The standard InChI is InChI=1S/C21H19N3O4/c1-27-17-8-4-5-12-9-18(28-19(12)17)21(26)22-13-10-16-20(25)23-14-6-2-3-7-15(14)24(16)11-13/h2-9,13,16H,10-11H2,1H3,(H,22,26)(H,23,25). The summed E-state index contributed by atoms with van der Waals surface area (Å²) in [6.07, 6.45) is 0.551. The lowest BCUT2D eigenvalue weighted by Gasteiger charge is -2.32. The van der Waals surface area contributed by atoms with Gasteiger partial charge >= 0.3 is 0 Å². The predicted molar refractivity (Wildman–Crippen MR) is 105 cm³/mol. The van der Waals surface area contributed by atoms with E-state index in [1.807, 2.05) is 36.4 Å². The quantitative estimate of drug-likeness (QED) is 0.733. The number of rotatable bonds is 3. The lowest BCUT2D eigenvalue weighted by Crippen LogP contribution is -2.44. The Morgan fingerprint density at radius 2 is 2.11 bits per heavy atom. The lowest BCUT2D eigenvalue weighted by atomic mass is 10.1. The fraction of sp³-hybridized carbons (Fsp3) is 0.238. The number of carbonyl (C=O) groups is 2. The average Bonchev–Trinajstić information content (AvgIpc) is 3.32. The van der Waals surface area contributed by atoms with Gasteiger partial charge in [-0.05, 0) is 30.7 Å². The number of benzene rings is 2. The van der Waals surface area contributed by atoms with Gasteiger partial charge in [-0.25, -0.2) is 0 Å². The summed E-state index contributed by atoms with van der Waals surface area (Å²) in [6.45, 7) is 0.574. The molecule has 2 unspecified atom stereocenters. The number of nitrogens with zero attached hydrogens (tertiary/aromatic N) is 1. The van der Waals surface area contributed by atoms with Crippen LogP contribution < -0.4 is 20.3 Å². The van der Waals surface area contributed by atoms with Crippen LogP contribution in [0.25, 0.3) is 11.0 Å². The largest absolute Gasteiger partial charge is 0.493 e. The molecule has 0 radical (unpaired) electrons. The molecule has 7 heteroatoms. The first-order chi connectivity index (χ1) is 13.6. The fourth-order valence-electron chi connectivity index (χ4n) is 4.07. The predicted octanol–water partition coefficient (Wildman–Crippen LogP) is 2.77. The molecule has 2 amide bonds. The molecule has 142 valence electrons. The first kappa shape index (κ1) is 16.7. The lowest BCUT2D eigenvalue weighted by molar-refractivity contribution is -0.117. The number of hydrogen-bond acceptors (Lipinski definition) is 5. The molecule has 0 spiro atoms. The van der Waals surface area contributed by atoms with Gasteiger partial charge in [-0.15, -0.1) is 0 Å². The van der Waals surface area contributed by atoms with Gasteiger partial charge in [0, 0.05) is 18.0 Å². The number of furan rings is 1. The number of methoxy groups -OCH3 is 1. The summed E-state index contributed by atoms with van der Waals surface area (Å²) in [4.78, 5) is 27.2. The van der Waals surface area contributed by atoms with Gasteiger partial charge in [0.2, 0.25) is 5.91 Å². The molecule has 1 fully saturated rings. The van der Waals surface area contributed by atoms with Gasteiger partial charge in [0.25, 0.3) is 5.91 Å².